The maximum atomic E-state index is 12.6. The number of hydrogen-bond donors (Lipinski definition) is 0. The molecule has 0 aliphatic carbocycles. The van der Waals surface area contributed by atoms with Gasteiger partial charge in [0.15, 0.2) is 5.43 Å². The summed E-state index contributed by atoms with van der Waals surface area (Å²) in [6.07, 6.45) is 0. The van der Waals surface area contributed by atoms with Crippen molar-refractivity contribution in [2.45, 2.75) is 6.92 Å². The number of fused-ring (bicyclic) bond motifs is 2. The van der Waals surface area contributed by atoms with Crippen LogP contribution in [0.2, 0.25) is 5.02 Å². The molecule has 3 aromatic rings. The van der Waals surface area contributed by atoms with Crippen molar-refractivity contribution < 1.29 is 4.74 Å². The summed E-state index contributed by atoms with van der Waals surface area (Å²) < 4.78 is 7.08. The Hall–Kier alpha value is -1.58. The first-order chi connectivity index (χ1) is 9.11. The van der Waals surface area contributed by atoms with Gasteiger partial charge < -0.3 is 4.74 Å². The van der Waals surface area contributed by atoms with Gasteiger partial charge in [-0.1, -0.05) is 17.7 Å². The SMILES string of the molecule is COc1ccc2sc3c(C)ccc(Cl)c3c(=O)c2c1. The van der Waals surface area contributed by atoms with E-state index in [0.29, 0.717) is 21.5 Å². The predicted octanol–water partition coefficient (Wildman–Crippen LogP) is 4.39. The molecular formula is C15H11ClO2S. The first-order valence-corrected chi connectivity index (χ1v) is 7.01. The molecule has 0 fully saturated rings. The van der Waals surface area contributed by atoms with Crippen molar-refractivity contribution in [2.24, 2.45) is 0 Å². The highest BCUT2D eigenvalue weighted by atomic mass is 35.5. The van der Waals surface area contributed by atoms with Crippen LogP contribution in [0.1, 0.15) is 5.56 Å². The van der Waals surface area contributed by atoms with E-state index in [-0.39, 0.29) is 5.43 Å². The van der Waals surface area contributed by atoms with E-state index < -0.39 is 0 Å². The van der Waals surface area contributed by atoms with Gasteiger partial charge in [0.05, 0.1) is 17.5 Å². The topological polar surface area (TPSA) is 26.3 Å². The first kappa shape index (κ1) is 12.5. The molecule has 0 atom stereocenters. The van der Waals surface area contributed by atoms with Crippen LogP contribution in [-0.2, 0) is 0 Å². The van der Waals surface area contributed by atoms with Crippen LogP contribution >= 0.6 is 22.9 Å². The molecule has 4 heteroatoms. The second-order valence-electron chi connectivity index (χ2n) is 4.36. The molecule has 0 amide bonds. The lowest BCUT2D eigenvalue weighted by Gasteiger charge is -2.06. The van der Waals surface area contributed by atoms with Gasteiger partial charge in [-0.05, 0) is 36.8 Å². The molecule has 0 unspecified atom stereocenters. The Morgan fingerprint density at radius 2 is 2.00 bits per heavy atom. The largest absolute Gasteiger partial charge is 0.497 e. The van der Waals surface area contributed by atoms with Crippen LogP contribution in [0.4, 0.5) is 0 Å². The maximum absolute atomic E-state index is 12.6. The maximum Gasteiger partial charge on any atom is 0.197 e. The average molecular weight is 291 g/mol. The van der Waals surface area contributed by atoms with Gasteiger partial charge in [-0.3, -0.25) is 4.79 Å². The van der Waals surface area contributed by atoms with Crippen LogP contribution in [0.5, 0.6) is 5.75 Å². The third-order valence-electron chi connectivity index (χ3n) is 3.17. The Labute approximate surface area is 119 Å². The van der Waals surface area contributed by atoms with E-state index in [0.717, 1.165) is 15.0 Å². The smallest absolute Gasteiger partial charge is 0.197 e. The highest BCUT2D eigenvalue weighted by molar-refractivity contribution is 7.24. The summed E-state index contributed by atoms with van der Waals surface area (Å²) >= 11 is 7.77. The molecule has 19 heavy (non-hydrogen) atoms. The lowest BCUT2D eigenvalue weighted by atomic mass is 10.1. The molecule has 1 heterocycles. The third kappa shape index (κ3) is 1.90. The van der Waals surface area contributed by atoms with Crippen molar-refractivity contribution in [3.05, 3.63) is 51.1 Å². The van der Waals surface area contributed by atoms with E-state index in [2.05, 4.69) is 0 Å². The van der Waals surface area contributed by atoms with Crippen molar-refractivity contribution in [1.82, 2.24) is 0 Å². The van der Waals surface area contributed by atoms with Gasteiger partial charge >= 0.3 is 0 Å². The second kappa shape index (κ2) is 4.51. The number of benzene rings is 2. The summed E-state index contributed by atoms with van der Waals surface area (Å²) in [5.41, 5.74) is 1.04. The van der Waals surface area contributed by atoms with Crippen molar-refractivity contribution in [3.63, 3.8) is 0 Å². The molecule has 0 N–H and O–H groups in total. The van der Waals surface area contributed by atoms with Crippen LogP contribution in [0.15, 0.2) is 35.1 Å². The van der Waals surface area contributed by atoms with Gasteiger partial charge in [0.25, 0.3) is 0 Å². The van der Waals surface area contributed by atoms with Gasteiger partial charge in [0.2, 0.25) is 0 Å². The zero-order chi connectivity index (χ0) is 13.6. The fraction of sp³-hybridized carbons (Fsp3) is 0.133. The molecule has 0 bridgehead atoms. The predicted molar refractivity (Wildman–Crippen MR) is 81.9 cm³/mol. The lowest BCUT2D eigenvalue weighted by molar-refractivity contribution is 0.415. The van der Waals surface area contributed by atoms with E-state index in [1.54, 1.807) is 30.6 Å². The van der Waals surface area contributed by atoms with Crippen LogP contribution in [-0.4, -0.2) is 7.11 Å². The standard InChI is InChI=1S/C15H11ClO2S/c1-8-3-5-11(16)13-14(17)10-7-9(18-2)4-6-12(10)19-15(8)13/h3-7H,1-2H3. The fourth-order valence-corrected chi connectivity index (χ4v) is 3.60. The van der Waals surface area contributed by atoms with E-state index in [9.17, 15) is 4.79 Å². The van der Waals surface area contributed by atoms with Gasteiger partial charge in [0, 0.05) is 14.8 Å². The Bertz CT molecular complexity index is 852. The molecule has 0 radical (unpaired) electrons. The van der Waals surface area contributed by atoms with E-state index in [1.807, 2.05) is 25.1 Å². The fourth-order valence-electron chi connectivity index (χ4n) is 2.15. The first-order valence-electron chi connectivity index (χ1n) is 5.81. The number of ether oxygens (including phenoxy) is 1. The molecular weight excluding hydrogens is 280 g/mol. The summed E-state index contributed by atoms with van der Waals surface area (Å²) in [7, 11) is 1.59. The lowest BCUT2D eigenvalue weighted by Crippen LogP contribution is -2.02. The quantitative estimate of drug-likeness (QED) is 0.622. The monoisotopic (exact) mass is 290 g/mol. The molecule has 2 aromatic carbocycles. The van der Waals surface area contributed by atoms with E-state index in [1.165, 1.54) is 0 Å². The van der Waals surface area contributed by atoms with Crippen LogP contribution in [0.3, 0.4) is 0 Å². The molecule has 0 saturated carbocycles. The third-order valence-corrected chi connectivity index (χ3v) is 4.80. The van der Waals surface area contributed by atoms with Gasteiger partial charge in [-0.25, -0.2) is 0 Å². The Kier molecular flexibility index (Phi) is 2.96. The van der Waals surface area contributed by atoms with Crippen molar-refractivity contribution in [1.29, 1.82) is 0 Å². The van der Waals surface area contributed by atoms with Crippen molar-refractivity contribution >= 4 is 43.1 Å². The highest BCUT2D eigenvalue weighted by Gasteiger charge is 2.11. The highest BCUT2D eigenvalue weighted by Crippen LogP contribution is 2.32. The summed E-state index contributed by atoms with van der Waals surface area (Å²) in [4.78, 5) is 12.6. The Balaban J connectivity index is 2.57. The second-order valence-corrected chi connectivity index (χ2v) is 5.82. The molecule has 0 aliphatic heterocycles. The minimum atomic E-state index is -0.0312. The Morgan fingerprint density at radius 1 is 1.21 bits per heavy atom. The minimum Gasteiger partial charge on any atom is -0.497 e. The van der Waals surface area contributed by atoms with Crippen LogP contribution in [0, 0.1) is 6.92 Å². The summed E-state index contributed by atoms with van der Waals surface area (Å²) in [5, 5.41) is 1.77. The van der Waals surface area contributed by atoms with Gasteiger partial charge in [0.1, 0.15) is 5.75 Å². The average Bonchev–Trinajstić information content (AvgIpc) is 2.42. The number of aryl methyl sites for hydroxylation is 1. The van der Waals surface area contributed by atoms with E-state index in [4.69, 9.17) is 16.3 Å². The van der Waals surface area contributed by atoms with Gasteiger partial charge in [-0.2, -0.15) is 0 Å². The number of rotatable bonds is 1. The summed E-state index contributed by atoms with van der Waals surface area (Å²) in [6, 6.07) is 9.27. The van der Waals surface area contributed by atoms with Crippen LogP contribution in [0.25, 0.3) is 20.2 Å². The number of halogens is 1. The molecule has 0 saturated heterocycles. The molecule has 0 spiro atoms. The van der Waals surface area contributed by atoms with Crippen molar-refractivity contribution in [3.8, 4) is 5.75 Å². The molecule has 3 rings (SSSR count). The minimum absolute atomic E-state index is 0.0312. The zero-order valence-corrected chi connectivity index (χ0v) is 12.1. The molecule has 0 aliphatic rings. The summed E-state index contributed by atoms with van der Waals surface area (Å²) in [5.74, 6) is 0.680. The van der Waals surface area contributed by atoms with E-state index >= 15 is 0 Å². The number of methoxy groups -OCH3 is 1. The molecule has 1 aromatic heterocycles. The van der Waals surface area contributed by atoms with Crippen LogP contribution < -0.4 is 10.2 Å². The Morgan fingerprint density at radius 3 is 2.74 bits per heavy atom. The molecule has 96 valence electrons. The van der Waals surface area contributed by atoms with Gasteiger partial charge in [-0.15, -0.1) is 11.3 Å². The zero-order valence-electron chi connectivity index (χ0n) is 10.5. The molecule has 2 nitrogen and oxygen atoms in total. The normalized spacial score (nSPS) is 11.1. The van der Waals surface area contributed by atoms with Crippen molar-refractivity contribution in [2.75, 3.05) is 7.11 Å². The summed E-state index contributed by atoms with van der Waals surface area (Å²) in [6.45, 7) is 1.99. The number of hydrogen-bond acceptors (Lipinski definition) is 3.